The summed E-state index contributed by atoms with van der Waals surface area (Å²) >= 11 is 14.4. The zero-order chi connectivity index (χ0) is 18.7. The third kappa shape index (κ3) is 4.38. The van der Waals surface area contributed by atoms with Crippen molar-refractivity contribution in [2.45, 2.75) is 6.10 Å². The summed E-state index contributed by atoms with van der Waals surface area (Å²) in [6, 6.07) is 19.4. The highest BCUT2D eigenvalue weighted by molar-refractivity contribution is 14.1. The number of halogens is 3. The summed E-state index contributed by atoms with van der Waals surface area (Å²) in [7, 11) is 0. The number of amides is 1. The molecule has 0 unspecified atom stereocenters. The van der Waals surface area contributed by atoms with Gasteiger partial charge in [0.25, 0.3) is 5.91 Å². The Bertz CT molecular complexity index is 948. The van der Waals surface area contributed by atoms with Gasteiger partial charge in [0.05, 0.1) is 10.6 Å². The largest absolute Gasteiger partial charge is 0.384 e. The number of aliphatic hydroxyl groups excluding tert-OH is 1. The van der Waals surface area contributed by atoms with E-state index in [4.69, 9.17) is 23.2 Å². The molecule has 3 aromatic rings. The van der Waals surface area contributed by atoms with Gasteiger partial charge in [-0.3, -0.25) is 4.79 Å². The first-order chi connectivity index (χ1) is 12.5. The third-order valence-electron chi connectivity index (χ3n) is 3.84. The summed E-state index contributed by atoms with van der Waals surface area (Å²) < 4.78 is 0.901. The van der Waals surface area contributed by atoms with Crippen molar-refractivity contribution in [3.8, 4) is 0 Å². The minimum atomic E-state index is -0.920. The average molecular weight is 498 g/mol. The standard InChI is InChI=1S/C20H14Cl2INO2/c21-13-6-9-18(16(10-13)19(25)12-4-2-1-3-5-12)24-20(26)15-11-14(23)7-8-17(15)22/h1-11,19,25H,(H,24,26)/t19-/m1/s1. The quantitative estimate of drug-likeness (QED) is 0.439. The van der Waals surface area contributed by atoms with E-state index >= 15 is 0 Å². The van der Waals surface area contributed by atoms with E-state index in [0.717, 1.165) is 3.57 Å². The molecule has 1 amide bonds. The van der Waals surface area contributed by atoms with Crippen molar-refractivity contribution in [1.82, 2.24) is 0 Å². The number of rotatable bonds is 4. The van der Waals surface area contributed by atoms with Gasteiger partial charge in [0.1, 0.15) is 6.10 Å². The fraction of sp³-hybridized carbons (Fsp3) is 0.0500. The van der Waals surface area contributed by atoms with E-state index in [-0.39, 0.29) is 5.91 Å². The SMILES string of the molecule is O=C(Nc1ccc(Cl)cc1[C@H](O)c1ccccc1)c1cc(I)ccc1Cl. The molecule has 0 fully saturated rings. The molecule has 0 saturated carbocycles. The van der Waals surface area contributed by atoms with E-state index in [2.05, 4.69) is 27.9 Å². The summed E-state index contributed by atoms with van der Waals surface area (Å²) in [5.41, 5.74) is 2.07. The van der Waals surface area contributed by atoms with Gasteiger partial charge in [-0.1, -0.05) is 53.5 Å². The van der Waals surface area contributed by atoms with E-state index in [9.17, 15) is 9.90 Å². The Morgan fingerprint density at radius 1 is 1.00 bits per heavy atom. The maximum atomic E-state index is 12.7. The van der Waals surface area contributed by atoms with Crippen molar-refractivity contribution in [2.75, 3.05) is 5.32 Å². The van der Waals surface area contributed by atoms with Crippen LogP contribution in [0, 0.1) is 3.57 Å². The minimum Gasteiger partial charge on any atom is -0.384 e. The Morgan fingerprint density at radius 3 is 2.46 bits per heavy atom. The first-order valence-electron chi connectivity index (χ1n) is 7.74. The molecule has 3 nitrogen and oxygen atoms in total. The van der Waals surface area contributed by atoms with Crippen LogP contribution in [-0.4, -0.2) is 11.0 Å². The second kappa shape index (κ2) is 8.39. The highest BCUT2D eigenvalue weighted by Crippen LogP contribution is 2.31. The lowest BCUT2D eigenvalue weighted by molar-refractivity contribution is 0.102. The van der Waals surface area contributed by atoms with Crippen LogP contribution in [0.15, 0.2) is 66.7 Å². The van der Waals surface area contributed by atoms with Crippen LogP contribution in [0.2, 0.25) is 10.0 Å². The number of benzene rings is 3. The first kappa shape index (κ1) is 19.2. The van der Waals surface area contributed by atoms with Crippen LogP contribution < -0.4 is 5.32 Å². The lowest BCUT2D eigenvalue weighted by Crippen LogP contribution is -2.15. The minimum absolute atomic E-state index is 0.350. The van der Waals surface area contributed by atoms with Crippen LogP contribution in [0.4, 0.5) is 5.69 Å². The Kier molecular flexibility index (Phi) is 6.19. The van der Waals surface area contributed by atoms with E-state index in [1.54, 1.807) is 30.3 Å². The smallest absolute Gasteiger partial charge is 0.257 e. The molecule has 0 aliphatic heterocycles. The van der Waals surface area contributed by atoms with Gasteiger partial charge in [0, 0.05) is 19.8 Å². The molecule has 0 spiro atoms. The van der Waals surface area contributed by atoms with E-state index in [1.807, 2.05) is 36.4 Å². The van der Waals surface area contributed by atoms with Gasteiger partial charge in [-0.25, -0.2) is 0 Å². The molecule has 132 valence electrons. The lowest BCUT2D eigenvalue weighted by atomic mass is 9.99. The Labute approximate surface area is 175 Å². The van der Waals surface area contributed by atoms with E-state index < -0.39 is 6.10 Å². The second-order valence-electron chi connectivity index (χ2n) is 5.62. The van der Waals surface area contributed by atoms with Gasteiger partial charge in [0.15, 0.2) is 0 Å². The first-order valence-corrected chi connectivity index (χ1v) is 9.58. The van der Waals surface area contributed by atoms with Gasteiger partial charge in [-0.15, -0.1) is 0 Å². The Balaban J connectivity index is 1.96. The van der Waals surface area contributed by atoms with Crippen LogP contribution >= 0.6 is 45.8 Å². The maximum absolute atomic E-state index is 12.7. The Hall–Kier alpha value is -1.60. The lowest BCUT2D eigenvalue weighted by Gasteiger charge is -2.17. The molecule has 1 atom stereocenters. The number of aliphatic hydroxyl groups is 1. The summed E-state index contributed by atoms with van der Waals surface area (Å²) in [6.45, 7) is 0. The predicted molar refractivity (Wildman–Crippen MR) is 114 cm³/mol. The van der Waals surface area contributed by atoms with Crippen LogP contribution in [-0.2, 0) is 0 Å². The molecule has 0 saturated heterocycles. The number of carbonyl (C=O) groups is 1. The predicted octanol–water partition coefficient (Wildman–Crippen LogP) is 5.93. The molecule has 6 heteroatoms. The fourth-order valence-corrected chi connectivity index (χ4v) is 3.42. The summed E-state index contributed by atoms with van der Waals surface area (Å²) in [4.78, 5) is 12.7. The van der Waals surface area contributed by atoms with Crippen molar-refractivity contribution in [2.24, 2.45) is 0 Å². The number of carbonyl (C=O) groups excluding carboxylic acids is 1. The Morgan fingerprint density at radius 2 is 1.73 bits per heavy atom. The van der Waals surface area contributed by atoms with Gasteiger partial charge in [0.2, 0.25) is 0 Å². The summed E-state index contributed by atoms with van der Waals surface area (Å²) in [5, 5.41) is 14.4. The highest BCUT2D eigenvalue weighted by Gasteiger charge is 2.18. The van der Waals surface area contributed by atoms with Crippen molar-refractivity contribution in [3.63, 3.8) is 0 Å². The molecular weight excluding hydrogens is 484 g/mol. The van der Waals surface area contributed by atoms with Crippen LogP contribution in [0.25, 0.3) is 0 Å². The van der Waals surface area contributed by atoms with E-state index in [0.29, 0.717) is 32.4 Å². The number of nitrogens with one attached hydrogen (secondary N) is 1. The molecule has 0 aromatic heterocycles. The van der Waals surface area contributed by atoms with Crippen LogP contribution in [0.5, 0.6) is 0 Å². The van der Waals surface area contributed by atoms with Crippen molar-refractivity contribution in [1.29, 1.82) is 0 Å². The van der Waals surface area contributed by atoms with Gasteiger partial charge >= 0.3 is 0 Å². The molecule has 0 heterocycles. The molecular formula is C20H14Cl2INO2. The van der Waals surface area contributed by atoms with Crippen molar-refractivity contribution < 1.29 is 9.90 Å². The number of hydrogen-bond donors (Lipinski definition) is 2. The average Bonchev–Trinajstić information content (AvgIpc) is 2.65. The van der Waals surface area contributed by atoms with Crippen LogP contribution in [0.3, 0.4) is 0 Å². The van der Waals surface area contributed by atoms with E-state index in [1.165, 1.54) is 0 Å². The third-order valence-corrected chi connectivity index (χ3v) is 5.08. The molecule has 3 aromatic carbocycles. The molecule has 0 bridgehead atoms. The molecule has 3 rings (SSSR count). The second-order valence-corrected chi connectivity index (χ2v) is 7.71. The zero-order valence-electron chi connectivity index (χ0n) is 13.4. The molecule has 0 aliphatic rings. The molecule has 0 aliphatic carbocycles. The maximum Gasteiger partial charge on any atom is 0.257 e. The fourth-order valence-electron chi connectivity index (χ4n) is 2.55. The monoisotopic (exact) mass is 497 g/mol. The molecule has 26 heavy (non-hydrogen) atoms. The van der Waals surface area contributed by atoms with Crippen LogP contribution in [0.1, 0.15) is 27.6 Å². The summed E-state index contributed by atoms with van der Waals surface area (Å²) in [6.07, 6.45) is -0.920. The number of hydrogen-bond acceptors (Lipinski definition) is 2. The highest BCUT2D eigenvalue weighted by atomic mass is 127. The van der Waals surface area contributed by atoms with Gasteiger partial charge < -0.3 is 10.4 Å². The van der Waals surface area contributed by atoms with Crippen molar-refractivity contribution >= 4 is 57.4 Å². The molecule has 0 radical (unpaired) electrons. The molecule has 2 N–H and O–H groups in total. The van der Waals surface area contributed by atoms with Crippen molar-refractivity contribution in [3.05, 3.63) is 97.0 Å². The summed E-state index contributed by atoms with van der Waals surface area (Å²) in [5.74, 6) is -0.350. The number of anilines is 1. The normalized spacial score (nSPS) is 11.8. The topological polar surface area (TPSA) is 49.3 Å². The van der Waals surface area contributed by atoms with Gasteiger partial charge in [-0.2, -0.15) is 0 Å². The zero-order valence-corrected chi connectivity index (χ0v) is 17.1. The van der Waals surface area contributed by atoms with Gasteiger partial charge in [-0.05, 0) is 64.6 Å².